The highest BCUT2D eigenvalue weighted by Gasteiger charge is 2.23. The van der Waals surface area contributed by atoms with Gasteiger partial charge in [0.25, 0.3) is 5.91 Å². The molecule has 2 aliphatic rings. The molecule has 9 heteroatoms. The normalized spacial score (nSPS) is 20.1. The third-order valence-electron chi connectivity index (χ3n) is 5.91. The Kier molecular flexibility index (Phi) is 9.73. The molecule has 3 heterocycles. The second-order valence-electron chi connectivity index (χ2n) is 8.56. The Morgan fingerprint density at radius 3 is 2.23 bits per heavy atom. The van der Waals surface area contributed by atoms with Crippen molar-refractivity contribution in [2.75, 3.05) is 78.7 Å². The molecule has 0 spiro atoms. The van der Waals surface area contributed by atoms with Gasteiger partial charge in [-0.05, 0) is 12.8 Å². The van der Waals surface area contributed by atoms with Crippen LogP contribution in [0.1, 0.15) is 43.1 Å². The van der Waals surface area contributed by atoms with E-state index in [1.54, 1.807) is 0 Å². The van der Waals surface area contributed by atoms with E-state index in [1.165, 1.54) is 6.26 Å². The number of ether oxygens (including phenoxy) is 1. The fourth-order valence-electron chi connectivity index (χ4n) is 4.26. The number of nitrogens with zero attached hydrogens (tertiary/aromatic N) is 5. The SMILES string of the molecule is CCCN(CCC)C(=O)c1coc(CN2CCN(C[C@H](O)CN3CCOCC3)CC2)n1. The molecule has 2 aliphatic heterocycles. The topological polar surface area (TPSA) is 85.5 Å². The number of morpholine rings is 1. The molecule has 2 fully saturated rings. The number of rotatable bonds is 11. The van der Waals surface area contributed by atoms with Crippen molar-refractivity contribution in [2.45, 2.75) is 39.3 Å². The largest absolute Gasteiger partial charge is 0.447 e. The van der Waals surface area contributed by atoms with Crippen molar-refractivity contribution in [1.82, 2.24) is 24.6 Å². The van der Waals surface area contributed by atoms with E-state index in [-0.39, 0.29) is 12.0 Å². The number of aliphatic hydroxyl groups excluding tert-OH is 1. The highest BCUT2D eigenvalue weighted by Crippen LogP contribution is 2.12. The zero-order valence-electron chi connectivity index (χ0n) is 19.2. The van der Waals surface area contributed by atoms with Gasteiger partial charge in [-0.3, -0.25) is 19.5 Å². The van der Waals surface area contributed by atoms with Crippen LogP contribution in [0.4, 0.5) is 0 Å². The third kappa shape index (κ3) is 7.54. The minimum atomic E-state index is -0.334. The number of β-amino-alcohol motifs (C(OH)–C–C–N with tert-alkyl or cyclic N) is 1. The van der Waals surface area contributed by atoms with Crippen LogP contribution in [0.2, 0.25) is 0 Å². The number of oxazole rings is 1. The Hall–Kier alpha value is -1.52. The number of carbonyl (C=O) groups excluding carboxylic acids is 1. The van der Waals surface area contributed by atoms with Crippen LogP contribution in [-0.2, 0) is 11.3 Å². The van der Waals surface area contributed by atoms with Crippen LogP contribution in [0.3, 0.4) is 0 Å². The fourth-order valence-corrected chi connectivity index (χ4v) is 4.26. The van der Waals surface area contributed by atoms with Crippen molar-refractivity contribution < 1.29 is 19.1 Å². The van der Waals surface area contributed by atoms with Gasteiger partial charge in [0.1, 0.15) is 6.26 Å². The zero-order valence-corrected chi connectivity index (χ0v) is 19.2. The molecule has 9 nitrogen and oxygen atoms in total. The first kappa shape index (κ1) is 24.1. The molecule has 1 aromatic rings. The van der Waals surface area contributed by atoms with Gasteiger partial charge in [-0.2, -0.15) is 0 Å². The van der Waals surface area contributed by atoms with E-state index in [2.05, 4.69) is 33.5 Å². The zero-order chi connectivity index (χ0) is 22.1. The van der Waals surface area contributed by atoms with E-state index >= 15 is 0 Å². The Morgan fingerprint density at radius 1 is 1.03 bits per heavy atom. The molecule has 0 aliphatic carbocycles. The molecule has 0 aromatic carbocycles. The molecular weight excluding hydrogens is 398 g/mol. The molecule has 1 atom stereocenters. The summed E-state index contributed by atoms with van der Waals surface area (Å²) >= 11 is 0. The van der Waals surface area contributed by atoms with Crippen LogP contribution in [0, 0.1) is 0 Å². The number of aromatic nitrogens is 1. The van der Waals surface area contributed by atoms with Gasteiger partial charge in [-0.15, -0.1) is 0 Å². The molecular formula is C22H39N5O4. The molecule has 2 saturated heterocycles. The van der Waals surface area contributed by atoms with Gasteiger partial charge in [0.15, 0.2) is 5.69 Å². The van der Waals surface area contributed by atoms with Crippen LogP contribution in [0.15, 0.2) is 10.7 Å². The van der Waals surface area contributed by atoms with E-state index in [9.17, 15) is 9.90 Å². The Morgan fingerprint density at radius 2 is 1.61 bits per heavy atom. The summed E-state index contributed by atoms with van der Waals surface area (Å²) < 4.78 is 11.0. The van der Waals surface area contributed by atoms with Crippen LogP contribution >= 0.6 is 0 Å². The summed E-state index contributed by atoms with van der Waals surface area (Å²) in [6, 6.07) is 0. The summed E-state index contributed by atoms with van der Waals surface area (Å²) in [6.45, 7) is 14.6. The smallest absolute Gasteiger partial charge is 0.275 e. The number of amides is 1. The average Bonchev–Trinajstić information content (AvgIpc) is 3.23. The van der Waals surface area contributed by atoms with Crippen molar-refractivity contribution in [2.24, 2.45) is 0 Å². The molecule has 1 amide bonds. The van der Waals surface area contributed by atoms with Gasteiger partial charge in [-0.1, -0.05) is 13.8 Å². The van der Waals surface area contributed by atoms with Gasteiger partial charge in [0.05, 0.1) is 25.9 Å². The monoisotopic (exact) mass is 437 g/mol. The summed E-state index contributed by atoms with van der Waals surface area (Å²) in [5.74, 6) is 0.551. The van der Waals surface area contributed by atoms with Crippen LogP contribution in [0.25, 0.3) is 0 Å². The molecule has 1 N–H and O–H groups in total. The van der Waals surface area contributed by atoms with E-state index in [0.717, 1.165) is 78.4 Å². The van der Waals surface area contributed by atoms with E-state index in [0.29, 0.717) is 31.2 Å². The van der Waals surface area contributed by atoms with Crippen molar-refractivity contribution in [3.05, 3.63) is 17.8 Å². The average molecular weight is 438 g/mol. The van der Waals surface area contributed by atoms with Gasteiger partial charge in [0, 0.05) is 65.4 Å². The van der Waals surface area contributed by atoms with Gasteiger partial charge < -0.3 is 19.2 Å². The molecule has 0 radical (unpaired) electrons. The Balaban J connectivity index is 1.40. The minimum absolute atomic E-state index is 0.0437. The molecule has 3 rings (SSSR count). The second kappa shape index (κ2) is 12.5. The van der Waals surface area contributed by atoms with Gasteiger partial charge >= 0.3 is 0 Å². The van der Waals surface area contributed by atoms with Crippen molar-refractivity contribution >= 4 is 5.91 Å². The van der Waals surface area contributed by atoms with E-state index < -0.39 is 0 Å². The van der Waals surface area contributed by atoms with Crippen LogP contribution < -0.4 is 0 Å². The van der Waals surface area contributed by atoms with Crippen LogP contribution in [0.5, 0.6) is 0 Å². The maximum absolute atomic E-state index is 12.7. The lowest BCUT2D eigenvalue weighted by atomic mass is 10.2. The molecule has 0 saturated carbocycles. The number of hydrogen-bond donors (Lipinski definition) is 1. The van der Waals surface area contributed by atoms with E-state index in [4.69, 9.17) is 9.15 Å². The summed E-state index contributed by atoms with van der Waals surface area (Å²) in [6.07, 6.45) is 3.02. The molecule has 0 bridgehead atoms. The summed E-state index contributed by atoms with van der Waals surface area (Å²) in [7, 11) is 0. The first-order chi connectivity index (χ1) is 15.1. The van der Waals surface area contributed by atoms with Crippen molar-refractivity contribution in [3.8, 4) is 0 Å². The summed E-state index contributed by atoms with van der Waals surface area (Å²) in [5, 5.41) is 10.4. The Bertz CT molecular complexity index is 650. The number of aliphatic hydroxyl groups is 1. The first-order valence-electron chi connectivity index (χ1n) is 11.8. The Labute approximate surface area is 185 Å². The molecule has 31 heavy (non-hydrogen) atoms. The number of carbonyl (C=O) groups is 1. The standard InChI is InChI=1S/C22H39N5O4/c1-3-5-27(6-4-2)22(29)20-18-31-21(23-20)17-25-9-7-24(8-10-25)15-19(28)16-26-11-13-30-14-12-26/h18-19,28H,3-17H2,1-2H3/t19-/m0/s1. The number of hydrogen-bond acceptors (Lipinski definition) is 8. The summed E-state index contributed by atoms with van der Waals surface area (Å²) in [4.78, 5) is 25.9. The quantitative estimate of drug-likeness (QED) is 0.543. The number of piperazine rings is 1. The fraction of sp³-hybridized carbons (Fsp3) is 0.818. The van der Waals surface area contributed by atoms with Gasteiger partial charge in [-0.25, -0.2) is 4.98 Å². The molecule has 1 aromatic heterocycles. The maximum atomic E-state index is 12.7. The minimum Gasteiger partial charge on any atom is -0.447 e. The molecule has 176 valence electrons. The van der Waals surface area contributed by atoms with Crippen molar-refractivity contribution in [1.29, 1.82) is 0 Å². The molecule has 0 unspecified atom stereocenters. The lowest BCUT2D eigenvalue weighted by molar-refractivity contribution is 0.00187. The lowest BCUT2D eigenvalue weighted by Crippen LogP contribution is -2.50. The summed E-state index contributed by atoms with van der Waals surface area (Å²) in [5.41, 5.74) is 0.404. The second-order valence-corrected chi connectivity index (χ2v) is 8.56. The third-order valence-corrected chi connectivity index (χ3v) is 5.91. The van der Waals surface area contributed by atoms with E-state index in [1.807, 2.05) is 4.90 Å². The van der Waals surface area contributed by atoms with Crippen LogP contribution in [-0.4, -0.2) is 120 Å². The van der Waals surface area contributed by atoms with Gasteiger partial charge in [0.2, 0.25) is 5.89 Å². The maximum Gasteiger partial charge on any atom is 0.275 e. The predicted octanol–water partition coefficient (Wildman–Crippen LogP) is 0.748. The first-order valence-corrected chi connectivity index (χ1v) is 11.8. The predicted molar refractivity (Wildman–Crippen MR) is 118 cm³/mol. The van der Waals surface area contributed by atoms with Crippen molar-refractivity contribution in [3.63, 3.8) is 0 Å². The lowest BCUT2D eigenvalue weighted by Gasteiger charge is -2.36. The highest BCUT2D eigenvalue weighted by molar-refractivity contribution is 5.91. The highest BCUT2D eigenvalue weighted by atomic mass is 16.5.